The molecule has 1 fully saturated rings. The molecule has 8 heteroatoms. The first-order valence-corrected chi connectivity index (χ1v) is 6.55. The van der Waals surface area contributed by atoms with Gasteiger partial charge in [0, 0.05) is 19.7 Å². The van der Waals surface area contributed by atoms with Crippen molar-refractivity contribution in [3.8, 4) is 0 Å². The summed E-state index contributed by atoms with van der Waals surface area (Å²) in [5.74, 6) is -0.926. The lowest BCUT2D eigenvalue weighted by atomic mass is 10.1. The van der Waals surface area contributed by atoms with Crippen molar-refractivity contribution in [3.05, 3.63) is 18.2 Å². The summed E-state index contributed by atoms with van der Waals surface area (Å²) in [5.41, 5.74) is 0.621. The molecule has 1 saturated heterocycles. The van der Waals surface area contributed by atoms with Gasteiger partial charge in [-0.3, -0.25) is 14.5 Å². The Morgan fingerprint density at radius 3 is 2.79 bits per heavy atom. The number of aromatic nitrogens is 2. The molecule has 1 aliphatic rings. The van der Waals surface area contributed by atoms with E-state index < -0.39 is 17.3 Å². The van der Waals surface area contributed by atoms with Gasteiger partial charge in [-0.25, -0.2) is 9.78 Å². The van der Waals surface area contributed by atoms with E-state index in [2.05, 4.69) is 9.72 Å². The predicted molar refractivity (Wildman–Crippen MR) is 67.4 cm³/mol. The maximum Gasteiger partial charge on any atom is 0.329 e. The van der Waals surface area contributed by atoms with Crippen molar-refractivity contribution in [1.82, 2.24) is 14.5 Å². The van der Waals surface area contributed by atoms with E-state index in [9.17, 15) is 14.4 Å². The Labute approximate surface area is 113 Å². The topological polar surface area (TPSA) is 81.5 Å². The summed E-state index contributed by atoms with van der Waals surface area (Å²) >= 11 is 0.890. The maximum atomic E-state index is 11.8. The Morgan fingerprint density at radius 2 is 2.32 bits per heavy atom. The van der Waals surface area contributed by atoms with Crippen LogP contribution in [0.25, 0.3) is 0 Å². The number of methoxy groups -OCH3 is 1. The second-order valence-corrected chi connectivity index (χ2v) is 5.02. The Balaban J connectivity index is 2.23. The zero-order valence-electron chi connectivity index (χ0n) is 10.5. The van der Waals surface area contributed by atoms with Crippen molar-refractivity contribution in [3.63, 3.8) is 0 Å². The van der Waals surface area contributed by atoms with Crippen molar-refractivity contribution in [2.24, 2.45) is 7.05 Å². The quantitative estimate of drug-likeness (QED) is 0.734. The molecular formula is C11H13N3O4S. The fraction of sp³-hybridized carbons (Fsp3) is 0.455. The van der Waals surface area contributed by atoms with Gasteiger partial charge < -0.3 is 9.30 Å². The predicted octanol–water partition coefficient (Wildman–Crippen LogP) is 0.200. The van der Waals surface area contributed by atoms with Gasteiger partial charge in [0.05, 0.1) is 24.9 Å². The molecule has 1 aliphatic heterocycles. The molecule has 1 atom stereocenters. The molecule has 1 aromatic rings. The number of amides is 2. The fourth-order valence-electron chi connectivity index (χ4n) is 1.85. The highest BCUT2D eigenvalue weighted by Gasteiger charge is 2.40. The monoisotopic (exact) mass is 283 g/mol. The third-order valence-electron chi connectivity index (χ3n) is 2.73. The number of imide groups is 1. The first-order valence-electron chi connectivity index (χ1n) is 5.56. The molecule has 1 unspecified atom stereocenters. The zero-order chi connectivity index (χ0) is 14.0. The minimum absolute atomic E-state index is 0.0640. The van der Waals surface area contributed by atoms with E-state index in [1.807, 2.05) is 0 Å². The van der Waals surface area contributed by atoms with Gasteiger partial charge >= 0.3 is 5.97 Å². The summed E-state index contributed by atoms with van der Waals surface area (Å²) in [5, 5.41) is -0.420. The molecule has 0 bridgehead atoms. The van der Waals surface area contributed by atoms with Crippen LogP contribution in [0.1, 0.15) is 5.69 Å². The van der Waals surface area contributed by atoms with Gasteiger partial charge in [0.2, 0.25) is 5.91 Å². The van der Waals surface area contributed by atoms with E-state index in [1.165, 1.54) is 7.11 Å². The number of nitrogens with zero attached hydrogens (tertiary/aromatic N) is 3. The van der Waals surface area contributed by atoms with Gasteiger partial charge in [-0.2, -0.15) is 0 Å². The number of hydrogen-bond acceptors (Lipinski definition) is 6. The van der Waals surface area contributed by atoms with Crippen LogP contribution in [0.15, 0.2) is 12.5 Å². The molecule has 19 heavy (non-hydrogen) atoms. The molecule has 7 nitrogen and oxygen atoms in total. The van der Waals surface area contributed by atoms with Crippen LogP contribution in [0, 0.1) is 0 Å². The van der Waals surface area contributed by atoms with E-state index in [-0.39, 0.29) is 18.1 Å². The number of aryl methyl sites for hydroxylation is 1. The van der Waals surface area contributed by atoms with Crippen LogP contribution in [0.3, 0.4) is 0 Å². The Kier molecular flexibility index (Phi) is 3.89. The highest BCUT2D eigenvalue weighted by atomic mass is 32.2. The third kappa shape index (κ3) is 2.78. The minimum atomic E-state index is -0.949. The van der Waals surface area contributed by atoms with Crippen LogP contribution in [-0.2, 0) is 27.8 Å². The largest absolute Gasteiger partial charge is 0.467 e. The number of ether oxygens (including phenoxy) is 1. The normalized spacial score (nSPS) is 16.8. The van der Waals surface area contributed by atoms with Crippen LogP contribution in [0.4, 0.5) is 4.79 Å². The molecule has 1 aromatic heterocycles. The molecule has 0 spiro atoms. The Hall–Kier alpha value is -1.83. The van der Waals surface area contributed by atoms with Gasteiger partial charge in [0.25, 0.3) is 5.24 Å². The number of carbonyl (C=O) groups excluding carboxylic acids is 3. The van der Waals surface area contributed by atoms with E-state index in [0.717, 1.165) is 16.7 Å². The van der Waals surface area contributed by atoms with Crippen molar-refractivity contribution in [1.29, 1.82) is 0 Å². The third-order valence-corrected chi connectivity index (χ3v) is 3.57. The summed E-state index contributed by atoms with van der Waals surface area (Å²) in [6, 6.07) is -0.949. The molecule has 0 saturated carbocycles. The van der Waals surface area contributed by atoms with Crippen molar-refractivity contribution in [2.75, 3.05) is 12.9 Å². The molecule has 2 rings (SSSR count). The molecule has 0 radical (unpaired) electrons. The van der Waals surface area contributed by atoms with Gasteiger partial charge in [-0.15, -0.1) is 0 Å². The lowest BCUT2D eigenvalue weighted by molar-refractivity contribution is -0.149. The molecular weight excluding hydrogens is 270 g/mol. The lowest BCUT2D eigenvalue weighted by Crippen LogP contribution is -2.46. The van der Waals surface area contributed by atoms with Crippen molar-refractivity contribution >= 4 is 28.9 Å². The molecule has 102 valence electrons. The van der Waals surface area contributed by atoms with E-state index >= 15 is 0 Å². The van der Waals surface area contributed by atoms with Crippen molar-refractivity contribution < 1.29 is 19.1 Å². The SMILES string of the molecule is COC(=O)C(Cc1cn(C)cn1)N1C(=O)CSC1=O. The van der Waals surface area contributed by atoms with E-state index in [1.54, 1.807) is 24.1 Å². The van der Waals surface area contributed by atoms with Gasteiger partial charge in [-0.05, 0) is 0 Å². The molecule has 2 heterocycles. The molecule has 0 aliphatic carbocycles. The second kappa shape index (κ2) is 5.43. The van der Waals surface area contributed by atoms with Crippen LogP contribution in [0.2, 0.25) is 0 Å². The fourth-order valence-corrected chi connectivity index (χ4v) is 2.61. The Morgan fingerprint density at radius 1 is 1.58 bits per heavy atom. The van der Waals surface area contributed by atoms with E-state index in [4.69, 9.17) is 0 Å². The number of esters is 1. The summed E-state index contributed by atoms with van der Waals surface area (Å²) in [6.45, 7) is 0. The van der Waals surface area contributed by atoms with Gasteiger partial charge in [0.15, 0.2) is 0 Å². The van der Waals surface area contributed by atoms with Crippen molar-refractivity contribution in [2.45, 2.75) is 12.5 Å². The molecule has 0 aromatic carbocycles. The average molecular weight is 283 g/mol. The number of hydrogen-bond donors (Lipinski definition) is 0. The van der Waals surface area contributed by atoms with Gasteiger partial charge in [0.1, 0.15) is 6.04 Å². The minimum Gasteiger partial charge on any atom is -0.467 e. The number of rotatable bonds is 4. The summed E-state index contributed by atoms with van der Waals surface area (Å²) in [4.78, 5) is 40.2. The highest BCUT2D eigenvalue weighted by molar-refractivity contribution is 8.14. The van der Waals surface area contributed by atoms with E-state index in [0.29, 0.717) is 5.69 Å². The highest BCUT2D eigenvalue weighted by Crippen LogP contribution is 2.23. The zero-order valence-corrected chi connectivity index (χ0v) is 11.3. The number of imidazole rings is 1. The molecule has 0 N–H and O–H groups in total. The smallest absolute Gasteiger partial charge is 0.329 e. The summed E-state index contributed by atoms with van der Waals surface area (Å²) < 4.78 is 6.40. The summed E-state index contributed by atoms with van der Waals surface area (Å²) in [7, 11) is 3.03. The van der Waals surface area contributed by atoms with Crippen LogP contribution in [0.5, 0.6) is 0 Å². The Bertz CT molecular complexity index is 512. The average Bonchev–Trinajstić information content (AvgIpc) is 2.93. The van der Waals surface area contributed by atoms with Gasteiger partial charge in [-0.1, -0.05) is 11.8 Å². The first kappa shape index (κ1) is 13.6. The van der Waals surface area contributed by atoms with Crippen LogP contribution in [-0.4, -0.2) is 50.5 Å². The number of carbonyl (C=O) groups is 3. The standard InChI is InChI=1S/C11H13N3O4S/c1-13-4-7(12-6-13)3-8(10(16)18-2)14-9(15)5-19-11(14)17/h4,6,8H,3,5H2,1-2H3. The molecule has 2 amide bonds. The van der Waals surface area contributed by atoms with Crippen LogP contribution < -0.4 is 0 Å². The first-order chi connectivity index (χ1) is 9.02. The number of thioether (sulfide) groups is 1. The second-order valence-electron chi connectivity index (χ2n) is 4.09. The summed E-state index contributed by atoms with van der Waals surface area (Å²) in [6.07, 6.45) is 3.48. The lowest BCUT2D eigenvalue weighted by Gasteiger charge is -2.22. The maximum absolute atomic E-state index is 11.8. The van der Waals surface area contributed by atoms with Crippen LogP contribution >= 0.6 is 11.8 Å².